The molecule has 0 bridgehead atoms. The second-order valence-electron chi connectivity index (χ2n) is 12.4. The van der Waals surface area contributed by atoms with E-state index >= 15 is 0 Å². The smallest absolute Gasteiger partial charge is 0.227 e. The van der Waals surface area contributed by atoms with Crippen molar-refractivity contribution in [2.24, 2.45) is 5.92 Å². The summed E-state index contributed by atoms with van der Waals surface area (Å²) in [4.78, 5) is 16.6. The van der Waals surface area contributed by atoms with Crippen LogP contribution in [0.4, 0.5) is 0 Å². The molecule has 4 heteroatoms. The zero-order valence-electron chi connectivity index (χ0n) is 26.8. The maximum absolute atomic E-state index is 14.4. The number of hydrogen-bond acceptors (Lipinski definition) is 3. The van der Waals surface area contributed by atoms with Gasteiger partial charge in [-0.25, -0.2) is 0 Å². The van der Waals surface area contributed by atoms with Crippen molar-refractivity contribution >= 4 is 29.4 Å². The monoisotopic (exact) mass is 641 g/mol. The topological polar surface area (TPSA) is 20.3 Å². The number of nitrogens with zero attached hydrogens (tertiary/aromatic N) is 1. The minimum Gasteiger partial charge on any atom is -0.334 e. The van der Waals surface area contributed by atoms with Gasteiger partial charge < -0.3 is 4.90 Å². The average Bonchev–Trinajstić information content (AvgIpc) is 3.44. The predicted molar refractivity (Wildman–Crippen MR) is 197 cm³/mol. The van der Waals surface area contributed by atoms with Gasteiger partial charge in [0, 0.05) is 34.8 Å². The van der Waals surface area contributed by atoms with Crippen LogP contribution in [0.2, 0.25) is 0 Å². The van der Waals surface area contributed by atoms with Gasteiger partial charge in [-0.1, -0.05) is 159 Å². The lowest BCUT2D eigenvalue weighted by atomic mass is 9.84. The maximum Gasteiger partial charge on any atom is 0.227 e. The molecule has 0 N–H and O–H groups in total. The van der Waals surface area contributed by atoms with Crippen LogP contribution in [-0.4, -0.2) is 27.3 Å². The van der Waals surface area contributed by atoms with Crippen molar-refractivity contribution in [2.45, 2.75) is 54.5 Å². The molecule has 5 aromatic carbocycles. The zero-order chi connectivity index (χ0) is 31.8. The highest BCUT2D eigenvalue weighted by atomic mass is 32.2. The van der Waals surface area contributed by atoms with Gasteiger partial charge in [-0.3, -0.25) is 4.79 Å². The zero-order valence-corrected chi connectivity index (χ0v) is 28.4. The normalized spacial score (nSPS) is 18.0. The highest BCUT2D eigenvalue weighted by Crippen LogP contribution is 2.57. The Morgan fingerprint density at radius 3 is 1.54 bits per heavy atom. The van der Waals surface area contributed by atoms with Gasteiger partial charge in [-0.2, -0.15) is 11.8 Å². The Bertz CT molecular complexity index is 1570. The molecule has 1 heterocycles. The number of benzene rings is 5. The number of thioether (sulfide) groups is 2. The summed E-state index contributed by atoms with van der Waals surface area (Å²) >= 11 is 3.92. The molecule has 3 unspecified atom stereocenters. The summed E-state index contributed by atoms with van der Waals surface area (Å²) < 4.78 is -0.707. The van der Waals surface area contributed by atoms with Crippen molar-refractivity contribution < 1.29 is 4.79 Å². The number of rotatable bonds is 13. The number of hydrogen-bond donors (Lipinski definition) is 0. The molecule has 0 spiro atoms. The first-order valence-electron chi connectivity index (χ1n) is 16.4. The van der Waals surface area contributed by atoms with E-state index in [4.69, 9.17) is 0 Å². The molecule has 3 atom stereocenters. The SMILES string of the molecule is CCC(C)(SC(c1ccccc1)(c1ccccc1)c1ccccc1)C1CC(CSCc2ccccc2)C(=O)N1Cc1ccccc1. The van der Waals surface area contributed by atoms with E-state index in [1.54, 1.807) is 0 Å². The van der Waals surface area contributed by atoms with Crippen LogP contribution < -0.4 is 0 Å². The molecule has 0 aliphatic carbocycles. The lowest BCUT2D eigenvalue weighted by Gasteiger charge is -2.47. The summed E-state index contributed by atoms with van der Waals surface area (Å²) in [5, 5.41) is 0. The minimum absolute atomic E-state index is 0.00604. The van der Waals surface area contributed by atoms with E-state index in [1.807, 2.05) is 23.5 Å². The molecule has 0 saturated carbocycles. The lowest BCUT2D eigenvalue weighted by Crippen LogP contribution is -2.49. The maximum atomic E-state index is 14.4. The molecule has 46 heavy (non-hydrogen) atoms. The van der Waals surface area contributed by atoms with E-state index in [9.17, 15) is 4.79 Å². The molecule has 0 aromatic heterocycles. The Balaban J connectivity index is 1.40. The Kier molecular flexibility index (Phi) is 10.4. The third-order valence-corrected chi connectivity index (χ3v) is 12.7. The van der Waals surface area contributed by atoms with Gasteiger partial charge in [0.15, 0.2) is 0 Å². The Morgan fingerprint density at radius 2 is 1.09 bits per heavy atom. The fourth-order valence-corrected chi connectivity index (χ4v) is 9.96. The van der Waals surface area contributed by atoms with Gasteiger partial charge >= 0.3 is 0 Å². The van der Waals surface area contributed by atoms with Crippen LogP contribution in [-0.2, 0) is 21.8 Å². The lowest BCUT2D eigenvalue weighted by molar-refractivity contribution is -0.132. The molecular formula is C42H43NOS2. The standard InChI is InChI=1S/C42H43NOS2/c1-3-41(2,46-42(36-23-13-6-14-24-36,37-25-15-7-16-26-37)38-27-17-8-18-28-38)39-29-35(32-45-31-34-21-11-5-12-22-34)40(44)43(39)30-33-19-9-4-10-20-33/h4-28,35,39H,3,29-32H2,1-2H3. The third kappa shape index (κ3) is 6.84. The van der Waals surface area contributed by atoms with Crippen LogP contribution in [0, 0.1) is 5.92 Å². The summed E-state index contributed by atoms with van der Waals surface area (Å²) in [6.07, 6.45) is 1.79. The fourth-order valence-electron chi connectivity index (χ4n) is 6.89. The van der Waals surface area contributed by atoms with Gasteiger partial charge in [-0.05, 0) is 47.6 Å². The molecule has 1 fully saturated rings. The van der Waals surface area contributed by atoms with Crippen LogP contribution in [0.5, 0.6) is 0 Å². The molecule has 2 nitrogen and oxygen atoms in total. The van der Waals surface area contributed by atoms with E-state index in [0.717, 1.165) is 24.3 Å². The first-order valence-corrected chi connectivity index (χ1v) is 18.3. The number of carbonyl (C=O) groups excluding carboxylic acids is 1. The van der Waals surface area contributed by atoms with E-state index < -0.39 is 4.75 Å². The summed E-state index contributed by atoms with van der Waals surface area (Å²) in [6.45, 7) is 5.35. The first-order chi connectivity index (χ1) is 22.5. The van der Waals surface area contributed by atoms with E-state index in [1.165, 1.54) is 27.8 Å². The second-order valence-corrected chi connectivity index (χ2v) is 15.2. The molecular weight excluding hydrogens is 599 g/mol. The van der Waals surface area contributed by atoms with Gasteiger partial charge in [0.2, 0.25) is 5.91 Å². The second kappa shape index (κ2) is 14.8. The van der Waals surface area contributed by atoms with Crippen LogP contribution in [0.1, 0.15) is 54.5 Å². The van der Waals surface area contributed by atoms with Crippen molar-refractivity contribution in [2.75, 3.05) is 5.75 Å². The van der Waals surface area contributed by atoms with Gasteiger partial charge in [-0.15, -0.1) is 11.8 Å². The number of amides is 1. The first kappa shape index (κ1) is 32.2. The Morgan fingerprint density at radius 1 is 0.652 bits per heavy atom. The number of likely N-dealkylation sites (tertiary alicyclic amines) is 1. The van der Waals surface area contributed by atoms with Crippen LogP contribution >= 0.6 is 23.5 Å². The molecule has 1 aliphatic heterocycles. The molecule has 1 saturated heterocycles. The van der Waals surface area contributed by atoms with Crippen LogP contribution in [0.25, 0.3) is 0 Å². The van der Waals surface area contributed by atoms with E-state index in [2.05, 4.69) is 170 Å². The molecule has 1 aliphatic rings. The number of carbonyl (C=O) groups is 1. The van der Waals surface area contributed by atoms with E-state index in [-0.39, 0.29) is 16.7 Å². The van der Waals surface area contributed by atoms with Crippen LogP contribution in [0.15, 0.2) is 152 Å². The van der Waals surface area contributed by atoms with Crippen LogP contribution in [0.3, 0.4) is 0 Å². The predicted octanol–water partition coefficient (Wildman–Crippen LogP) is 10.2. The Labute approximate surface area is 283 Å². The molecule has 5 aromatic rings. The summed E-state index contributed by atoms with van der Waals surface area (Å²) in [5.41, 5.74) is 6.26. The molecule has 234 valence electrons. The van der Waals surface area contributed by atoms with Gasteiger partial charge in [0.25, 0.3) is 0 Å². The molecule has 6 rings (SSSR count). The molecule has 1 amide bonds. The third-order valence-electron chi connectivity index (χ3n) is 9.48. The average molecular weight is 642 g/mol. The highest BCUT2D eigenvalue weighted by molar-refractivity contribution is 8.02. The van der Waals surface area contributed by atoms with Crippen molar-refractivity contribution in [3.63, 3.8) is 0 Å². The summed E-state index contributed by atoms with van der Waals surface area (Å²) in [5.74, 6) is 2.04. The highest BCUT2D eigenvalue weighted by Gasteiger charge is 2.52. The molecule has 0 radical (unpaired) electrons. The minimum atomic E-state index is -0.462. The quantitative estimate of drug-likeness (QED) is 0.119. The van der Waals surface area contributed by atoms with Gasteiger partial charge in [0.05, 0.1) is 4.75 Å². The van der Waals surface area contributed by atoms with E-state index in [0.29, 0.717) is 12.5 Å². The van der Waals surface area contributed by atoms with Gasteiger partial charge in [0.1, 0.15) is 0 Å². The van der Waals surface area contributed by atoms with Crippen molar-refractivity contribution in [1.29, 1.82) is 0 Å². The van der Waals surface area contributed by atoms with Crippen molar-refractivity contribution in [1.82, 2.24) is 4.90 Å². The largest absolute Gasteiger partial charge is 0.334 e. The fraction of sp³-hybridized carbons (Fsp3) is 0.262. The van der Waals surface area contributed by atoms with Crippen molar-refractivity contribution in [3.8, 4) is 0 Å². The summed E-state index contributed by atoms with van der Waals surface area (Å²) in [7, 11) is 0. The summed E-state index contributed by atoms with van der Waals surface area (Å²) in [6, 6.07) is 54.0. The Hall–Kier alpha value is -3.73. The van der Waals surface area contributed by atoms with Crippen molar-refractivity contribution in [3.05, 3.63) is 179 Å².